The molecule has 2 aliphatic rings. The molecular formula is C16H9NO3S3. The molecule has 0 unspecified atom stereocenters. The average Bonchev–Trinajstić information content (AvgIpc) is 3.29. The molecule has 5 rings (SSSR count). The van der Waals surface area contributed by atoms with E-state index in [0.717, 1.165) is 26.4 Å². The number of alkyl carbamates (subject to hydrolysis) is 1. The molecule has 4 nitrogen and oxygen atoms in total. The Hall–Kier alpha value is -1.96. The number of ketones is 1. The zero-order valence-corrected chi connectivity index (χ0v) is 14.0. The first kappa shape index (κ1) is 13.5. The Morgan fingerprint density at radius 1 is 1.00 bits per heavy atom. The average molecular weight is 359 g/mol. The molecule has 1 N–H and O–H groups in total. The van der Waals surface area contributed by atoms with E-state index in [1.807, 2.05) is 28.3 Å². The third-order valence-corrected chi connectivity index (χ3v) is 6.81. The van der Waals surface area contributed by atoms with E-state index >= 15 is 0 Å². The quantitative estimate of drug-likeness (QED) is 0.730. The van der Waals surface area contributed by atoms with Crippen LogP contribution in [0.15, 0.2) is 33.7 Å². The van der Waals surface area contributed by atoms with Gasteiger partial charge in [0.05, 0.1) is 0 Å². The SMILES string of the molecule is O=C1N[C@@H]2c3c(-c4ccsc4)sc(-c4ccsc4)c3C(=O)[C@@H]2O1. The van der Waals surface area contributed by atoms with Gasteiger partial charge >= 0.3 is 6.09 Å². The highest BCUT2D eigenvalue weighted by atomic mass is 32.1. The fourth-order valence-corrected chi connectivity index (χ4v) is 5.97. The van der Waals surface area contributed by atoms with Gasteiger partial charge in [-0.3, -0.25) is 4.79 Å². The van der Waals surface area contributed by atoms with Gasteiger partial charge in [0.25, 0.3) is 0 Å². The monoisotopic (exact) mass is 359 g/mol. The second kappa shape index (κ2) is 4.77. The summed E-state index contributed by atoms with van der Waals surface area (Å²) in [6.45, 7) is 0. The first-order valence-electron chi connectivity index (χ1n) is 6.97. The summed E-state index contributed by atoms with van der Waals surface area (Å²) in [5.74, 6) is -0.0951. The van der Waals surface area contributed by atoms with Gasteiger partial charge in [-0.15, -0.1) is 11.3 Å². The topological polar surface area (TPSA) is 55.4 Å². The normalized spacial score (nSPS) is 21.9. The second-order valence-corrected chi connectivity index (χ2v) is 7.97. The molecule has 0 spiro atoms. The Kier molecular flexibility index (Phi) is 2.79. The minimum absolute atomic E-state index is 0.0951. The lowest BCUT2D eigenvalue weighted by atomic mass is 10.0. The van der Waals surface area contributed by atoms with Gasteiger partial charge in [0, 0.05) is 32.0 Å². The smallest absolute Gasteiger partial charge is 0.408 e. The van der Waals surface area contributed by atoms with Gasteiger partial charge in [-0.1, -0.05) is 0 Å². The van der Waals surface area contributed by atoms with Crippen molar-refractivity contribution in [2.45, 2.75) is 12.1 Å². The van der Waals surface area contributed by atoms with Crippen LogP contribution in [0.3, 0.4) is 0 Å². The van der Waals surface area contributed by atoms with E-state index in [2.05, 4.69) is 10.7 Å². The van der Waals surface area contributed by atoms with Gasteiger partial charge in [-0.05, 0) is 33.7 Å². The summed E-state index contributed by atoms with van der Waals surface area (Å²) in [5.41, 5.74) is 3.77. The van der Waals surface area contributed by atoms with E-state index < -0.39 is 12.2 Å². The van der Waals surface area contributed by atoms with Crippen LogP contribution in [-0.4, -0.2) is 18.0 Å². The van der Waals surface area contributed by atoms with Gasteiger partial charge in [-0.2, -0.15) is 22.7 Å². The first-order chi connectivity index (χ1) is 11.2. The van der Waals surface area contributed by atoms with Gasteiger partial charge in [0.2, 0.25) is 5.78 Å². The minimum atomic E-state index is -0.726. The second-order valence-electron chi connectivity index (χ2n) is 5.39. The summed E-state index contributed by atoms with van der Waals surface area (Å²) in [7, 11) is 0. The molecule has 3 aromatic heterocycles. The molecule has 2 atom stereocenters. The molecule has 1 aliphatic carbocycles. The standard InChI is InChI=1S/C16H9NO3S3/c18-12-10-9(11-13(12)20-16(19)17-11)14(7-1-3-21-5-7)23-15(10)8-2-4-22-6-8/h1-6,11,13H,(H,17,19)/t11-,13-/m1/s1. The van der Waals surface area contributed by atoms with Crippen molar-refractivity contribution in [3.05, 3.63) is 44.8 Å². The molecule has 1 saturated heterocycles. The van der Waals surface area contributed by atoms with E-state index in [-0.39, 0.29) is 11.8 Å². The Labute approximate surface area is 143 Å². The lowest BCUT2D eigenvalue weighted by Crippen LogP contribution is -2.21. The number of nitrogens with one attached hydrogen (secondary N) is 1. The van der Waals surface area contributed by atoms with Crippen LogP contribution in [0, 0.1) is 0 Å². The fourth-order valence-electron chi connectivity index (χ4n) is 3.18. The van der Waals surface area contributed by atoms with E-state index in [4.69, 9.17) is 4.74 Å². The largest absolute Gasteiger partial charge is 0.435 e. The van der Waals surface area contributed by atoms with Crippen LogP contribution in [0.25, 0.3) is 20.9 Å². The summed E-state index contributed by atoms with van der Waals surface area (Å²) in [4.78, 5) is 26.4. The number of hydrogen-bond donors (Lipinski definition) is 1. The van der Waals surface area contributed by atoms with Crippen LogP contribution in [0.5, 0.6) is 0 Å². The van der Waals surface area contributed by atoms with Crippen molar-refractivity contribution < 1.29 is 14.3 Å². The highest BCUT2D eigenvalue weighted by molar-refractivity contribution is 7.20. The lowest BCUT2D eigenvalue weighted by molar-refractivity contribution is 0.0753. The zero-order valence-electron chi connectivity index (χ0n) is 11.6. The van der Waals surface area contributed by atoms with Crippen molar-refractivity contribution >= 4 is 45.9 Å². The van der Waals surface area contributed by atoms with E-state index in [1.54, 1.807) is 34.0 Å². The van der Waals surface area contributed by atoms with E-state index in [0.29, 0.717) is 5.56 Å². The maximum Gasteiger partial charge on any atom is 0.408 e. The van der Waals surface area contributed by atoms with Gasteiger partial charge in [0.1, 0.15) is 6.04 Å². The number of ether oxygens (including phenoxy) is 1. The number of amides is 1. The summed E-state index contributed by atoms with van der Waals surface area (Å²) in [6.07, 6.45) is -1.24. The molecule has 0 bridgehead atoms. The zero-order chi connectivity index (χ0) is 15.6. The predicted octanol–water partition coefficient (Wildman–Crippen LogP) is 4.55. The highest BCUT2D eigenvalue weighted by Crippen LogP contribution is 2.52. The van der Waals surface area contributed by atoms with Crippen LogP contribution in [0.2, 0.25) is 0 Å². The Bertz CT molecular complexity index is 924. The summed E-state index contributed by atoms with van der Waals surface area (Å²) in [6, 6.07) is 3.70. The molecule has 1 fully saturated rings. The van der Waals surface area contributed by atoms with Crippen molar-refractivity contribution in [1.82, 2.24) is 5.32 Å². The van der Waals surface area contributed by atoms with Crippen LogP contribution < -0.4 is 5.32 Å². The van der Waals surface area contributed by atoms with Gasteiger partial charge in [0.15, 0.2) is 6.10 Å². The lowest BCUT2D eigenvalue weighted by Gasteiger charge is -2.07. The van der Waals surface area contributed by atoms with Crippen molar-refractivity contribution in [1.29, 1.82) is 0 Å². The third kappa shape index (κ3) is 1.81. The molecule has 114 valence electrons. The van der Waals surface area contributed by atoms with Crippen molar-refractivity contribution in [2.24, 2.45) is 0 Å². The van der Waals surface area contributed by atoms with Crippen LogP contribution >= 0.6 is 34.0 Å². The maximum atomic E-state index is 12.8. The maximum absolute atomic E-state index is 12.8. The molecule has 1 amide bonds. The minimum Gasteiger partial charge on any atom is -0.435 e. The number of thiophene rings is 3. The predicted molar refractivity (Wildman–Crippen MR) is 91.4 cm³/mol. The number of fused-ring (bicyclic) bond motifs is 3. The fraction of sp³-hybridized carbons (Fsp3) is 0.125. The molecule has 1 aliphatic heterocycles. The third-order valence-electron chi connectivity index (χ3n) is 4.14. The molecule has 3 aromatic rings. The molecule has 0 radical (unpaired) electrons. The molecule has 7 heteroatoms. The Morgan fingerprint density at radius 3 is 2.35 bits per heavy atom. The highest BCUT2D eigenvalue weighted by Gasteiger charge is 2.51. The van der Waals surface area contributed by atoms with Gasteiger partial charge < -0.3 is 10.1 Å². The number of carbonyl (C=O) groups is 2. The summed E-state index contributed by atoms with van der Waals surface area (Å²) >= 11 is 4.84. The van der Waals surface area contributed by atoms with Gasteiger partial charge in [-0.25, -0.2) is 4.79 Å². The first-order valence-corrected chi connectivity index (χ1v) is 9.67. The Morgan fingerprint density at radius 2 is 1.70 bits per heavy atom. The molecular weight excluding hydrogens is 350 g/mol. The number of carbonyl (C=O) groups excluding carboxylic acids is 2. The van der Waals surface area contributed by atoms with Crippen molar-refractivity contribution in [3.63, 3.8) is 0 Å². The Balaban J connectivity index is 1.79. The number of rotatable bonds is 2. The van der Waals surface area contributed by atoms with Crippen molar-refractivity contribution in [3.8, 4) is 20.9 Å². The van der Waals surface area contributed by atoms with Crippen molar-refractivity contribution in [2.75, 3.05) is 0 Å². The molecule has 4 heterocycles. The number of Topliss-reactive ketones (excluding diaryl/α,β-unsaturated/α-hetero) is 1. The summed E-state index contributed by atoms with van der Waals surface area (Å²) in [5, 5.41) is 10.9. The molecule has 23 heavy (non-hydrogen) atoms. The molecule has 0 aromatic carbocycles. The van der Waals surface area contributed by atoms with E-state index in [9.17, 15) is 9.59 Å². The van der Waals surface area contributed by atoms with Crippen LogP contribution in [-0.2, 0) is 4.74 Å². The van der Waals surface area contributed by atoms with Crippen LogP contribution in [0.4, 0.5) is 4.79 Å². The number of hydrogen-bond acceptors (Lipinski definition) is 6. The van der Waals surface area contributed by atoms with Crippen LogP contribution in [0.1, 0.15) is 22.0 Å². The molecule has 0 saturated carbocycles. The summed E-state index contributed by atoms with van der Waals surface area (Å²) < 4.78 is 5.19. The van der Waals surface area contributed by atoms with E-state index in [1.165, 1.54) is 0 Å².